The number of carbonyl (C=O) groups is 1. The van der Waals surface area contributed by atoms with Crippen LogP contribution in [0.5, 0.6) is 0 Å². The first-order chi connectivity index (χ1) is 9.39. The molecule has 1 aromatic carbocycles. The van der Waals surface area contributed by atoms with Crippen molar-refractivity contribution >= 4 is 27.7 Å². The molecular weight excluding hydrogens is 302 g/mol. The first-order valence-corrected chi connectivity index (χ1v) is 7.96. The van der Waals surface area contributed by atoms with Crippen LogP contribution in [0.15, 0.2) is 24.3 Å². The molecule has 1 aliphatic rings. The van der Waals surface area contributed by atoms with Crippen molar-refractivity contribution in [1.29, 1.82) is 0 Å². The average Bonchev–Trinajstić information content (AvgIpc) is 2.36. The fourth-order valence-electron chi connectivity index (χ4n) is 2.00. The van der Waals surface area contributed by atoms with Crippen LogP contribution in [-0.4, -0.2) is 36.1 Å². The molecule has 0 aromatic heterocycles. The summed E-state index contributed by atoms with van der Waals surface area (Å²) in [5.41, 5.74) is 3.19. The standard InChI is InChI=1S/C12H16ClN3O3S/c1-10(17)14-16-8-2-7-15(20(16,18)19)9-11-3-5-12(13)6-4-11/h3-6H,2,7-9H2,1H3,(H,14,17). The minimum atomic E-state index is -3.67. The molecule has 1 N–H and O–H groups in total. The summed E-state index contributed by atoms with van der Waals surface area (Å²) in [6.07, 6.45) is 0.660. The van der Waals surface area contributed by atoms with E-state index in [1.54, 1.807) is 24.3 Å². The molecule has 0 atom stereocenters. The van der Waals surface area contributed by atoms with Gasteiger partial charge in [-0.25, -0.2) is 0 Å². The summed E-state index contributed by atoms with van der Waals surface area (Å²) < 4.78 is 27.0. The van der Waals surface area contributed by atoms with Gasteiger partial charge in [0.1, 0.15) is 0 Å². The van der Waals surface area contributed by atoms with Crippen LogP contribution < -0.4 is 5.43 Å². The van der Waals surface area contributed by atoms with Gasteiger partial charge in [0.25, 0.3) is 10.2 Å². The van der Waals surface area contributed by atoms with E-state index in [1.807, 2.05) is 0 Å². The zero-order valence-corrected chi connectivity index (χ0v) is 12.6. The van der Waals surface area contributed by atoms with Crippen molar-refractivity contribution in [3.63, 3.8) is 0 Å². The number of hydrogen-bond donors (Lipinski definition) is 1. The summed E-state index contributed by atoms with van der Waals surface area (Å²) >= 11 is 5.80. The van der Waals surface area contributed by atoms with Gasteiger partial charge in [0, 0.05) is 31.6 Å². The Morgan fingerprint density at radius 1 is 1.30 bits per heavy atom. The van der Waals surface area contributed by atoms with Crippen molar-refractivity contribution in [2.45, 2.75) is 19.9 Å². The molecule has 110 valence electrons. The Morgan fingerprint density at radius 3 is 2.55 bits per heavy atom. The highest BCUT2D eigenvalue weighted by atomic mass is 35.5. The summed E-state index contributed by atoms with van der Waals surface area (Å²) in [5.74, 6) is -0.401. The second kappa shape index (κ2) is 6.09. The number of amides is 1. The Kier molecular flexibility index (Phi) is 4.64. The molecule has 0 unspecified atom stereocenters. The van der Waals surface area contributed by atoms with Crippen molar-refractivity contribution in [2.24, 2.45) is 0 Å². The third-order valence-electron chi connectivity index (χ3n) is 2.93. The first-order valence-electron chi connectivity index (χ1n) is 6.19. The molecule has 1 fully saturated rings. The molecule has 0 radical (unpaired) electrons. The maximum absolute atomic E-state index is 12.3. The molecule has 0 spiro atoms. The van der Waals surface area contributed by atoms with Gasteiger partial charge >= 0.3 is 0 Å². The second-order valence-electron chi connectivity index (χ2n) is 4.56. The van der Waals surface area contributed by atoms with Gasteiger partial charge in [-0.3, -0.25) is 10.2 Å². The lowest BCUT2D eigenvalue weighted by molar-refractivity contribution is -0.122. The van der Waals surface area contributed by atoms with Crippen LogP contribution in [-0.2, 0) is 21.5 Å². The molecule has 1 heterocycles. The third-order valence-corrected chi connectivity index (χ3v) is 4.97. The molecule has 0 bridgehead atoms. The van der Waals surface area contributed by atoms with Gasteiger partial charge in [-0.05, 0) is 24.1 Å². The normalized spacial score (nSPS) is 19.7. The van der Waals surface area contributed by atoms with E-state index < -0.39 is 16.1 Å². The van der Waals surface area contributed by atoms with Gasteiger partial charge in [0.15, 0.2) is 0 Å². The number of hydrazine groups is 1. The lowest BCUT2D eigenvalue weighted by atomic mass is 10.2. The maximum Gasteiger partial charge on any atom is 0.299 e. The van der Waals surface area contributed by atoms with Gasteiger partial charge in [0.05, 0.1) is 0 Å². The monoisotopic (exact) mass is 317 g/mol. The van der Waals surface area contributed by atoms with Crippen LogP contribution >= 0.6 is 11.6 Å². The Hall–Kier alpha value is -1.15. The SMILES string of the molecule is CC(=O)NN1CCCN(Cc2ccc(Cl)cc2)S1(=O)=O. The lowest BCUT2D eigenvalue weighted by Crippen LogP contribution is -2.55. The Balaban J connectivity index is 2.14. The van der Waals surface area contributed by atoms with Gasteiger partial charge < -0.3 is 0 Å². The second-order valence-corrected chi connectivity index (χ2v) is 6.85. The molecule has 0 saturated carbocycles. The number of carbonyl (C=O) groups excluding carboxylic acids is 1. The van der Waals surface area contributed by atoms with Crippen LogP contribution in [0.25, 0.3) is 0 Å². The number of benzene rings is 1. The van der Waals surface area contributed by atoms with E-state index in [-0.39, 0.29) is 6.54 Å². The topological polar surface area (TPSA) is 69.7 Å². The summed E-state index contributed by atoms with van der Waals surface area (Å²) in [4.78, 5) is 11.1. The summed E-state index contributed by atoms with van der Waals surface area (Å²) in [6.45, 7) is 2.27. The van der Waals surface area contributed by atoms with E-state index in [0.29, 0.717) is 24.5 Å². The van der Waals surface area contributed by atoms with Crippen molar-refractivity contribution in [2.75, 3.05) is 13.1 Å². The van der Waals surface area contributed by atoms with Crippen LogP contribution in [0.1, 0.15) is 18.9 Å². The molecule has 6 nitrogen and oxygen atoms in total. The molecule has 20 heavy (non-hydrogen) atoms. The van der Waals surface area contributed by atoms with Crippen molar-refractivity contribution in [3.05, 3.63) is 34.9 Å². The molecule has 8 heteroatoms. The quantitative estimate of drug-likeness (QED) is 0.909. The molecule has 2 rings (SSSR count). The average molecular weight is 318 g/mol. The number of rotatable bonds is 3. The summed E-state index contributed by atoms with van der Waals surface area (Å²) in [6, 6.07) is 7.02. The molecule has 1 saturated heterocycles. The number of hydrogen-bond acceptors (Lipinski definition) is 3. The first kappa shape index (κ1) is 15.2. The van der Waals surface area contributed by atoms with E-state index in [4.69, 9.17) is 11.6 Å². The Bertz CT molecular complexity index is 588. The van der Waals surface area contributed by atoms with E-state index in [1.165, 1.54) is 11.2 Å². The van der Waals surface area contributed by atoms with E-state index >= 15 is 0 Å². The molecule has 1 aliphatic heterocycles. The van der Waals surface area contributed by atoms with Crippen molar-refractivity contribution in [1.82, 2.24) is 14.1 Å². The van der Waals surface area contributed by atoms with Crippen molar-refractivity contribution in [3.8, 4) is 0 Å². The van der Waals surface area contributed by atoms with Gasteiger partial charge in [-0.15, -0.1) is 4.41 Å². The summed E-state index contributed by atoms with van der Waals surface area (Å²) in [5, 5.41) is 0.607. The minimum Gasteiger partial charge on any atom is -0.275 e. The highest BCUT2D eigenvalue weighted by molar-refractivity contribution is 7.86. The predicted octanol–water partition coefficient (Wildman–Crippen LogP) is 1.14. The zero-order valence-electron chi connectivity index (χ0n) is 11.0. The van der Waals surface area contributed by atoms with E-state index in [9.17, 15) is 13.2 Å². The van der Waals surface area contributed by atoms with E-state index in [0.717, 1.165) is 9.98 Å². The Morgan fingerprint density at radius 2 is 1.95 bits per heavy atom. The van der Waals surface area contributed by atoms with Crippen LogP contribution in [0, 0.1) is 0 Å². The molecular formula is C12H16ClN3O3S. The maximum atomic E-state index is 12.3. The molecule has 1 amide bonds. The zero-order chi connectivity index (χ0) is 14.8. The highest BCUT2D eigenvalue weighted by Gasteiger charge is 2.34. The molecule has 1 aromatic rings. The van der Waals surface area contributed by atoms with Crippen LogP contribution in [0.4, 0.5) is 0 Å². The molecule has 0 aliphatic carbocycles. The Labute approximate surface area is 123 Å². The number of halogens is 1. The minimum absolute atomic E-state index is 0.260. The largest absolute Gasteiger partial charge is 0.299 e. The van der Waals surface area contributed by atoms with E-state index in [2.05, 4.69) is 5.43 Å². The van der Waals surface area contributed by atoms with Gasteiger partial charge in [-0.1, -0.05) is 23.7 Å². The van der Waals surface area contributed by atoms with Crippen LogP contribution in [0.2, 0.25) is 5.02 Å². The van der Waals surface area contributed by atoms with Gasteiger partial charge in [-0.2, -0.15) is 12.7 Å². The van der Waals surface area contributed by atoms with Crippen LogP contribution in [0.3, 0.4) is 0 Å². The predicted molar refractivity (Wildman–Crippen MR) is 75.9 cm³/mol. The summed E-state index contributed by atoms with van der Waals surface area (Å²) in [7, 11) is -3.67. The lowest BCUT2D eigenvalue weighted by Gasteiger charge is -2.34. The third kappa shape index (κ3) is 3.49. The number of nitrogens with zero attached hydrogens (tertiary/aromatic N) is 2. The van der Waals surface area contributed by atoms with Crippen molar-refractivity contribution < 1.29 is 13.2 Å². The fraction of sp³-hybridized carbons (Fsp3) is 0.417. The highest BCUT2D eigenvalue weighted by Crippen LogP contribution is 2.18. The number of nitrogens with one attached hydrogen (secondary N) is 1. The smallest absolute Gasteiger partial charge is 0.275 e. The fourth-order valence-corrected chi connectivity index (χ4v) is 3.68. The van der Waals surface area contributed by atoms with Gasteiger partial charge in [0.2, 0.25) is 5.91 Å².